The van der Waals surface area contributed by atoms with Gasteiger partial charge in [-0.2, -0.15) is 0 Å². The van der Waals surface area contributed by atoms with Crippen LogP contribution in [0.2, 0.25) is 0 Å². The van der Waals surface area contributed by atoms with Gasteiger partial charge in [0.2, 0.25) is 0 Å². The minimum Gasteiger partial charge on any atom is -0.487 e. The van der Waals surface area contributed by atoms with E-state index in [1.807, 2.05) is 0 Å². The lowest BCUT2D eigenvalue weighted by atomic mass is 9.65. The standard InChI is InChI=1S/C19H26O2/c1-14-4-5-17-15(12-14)16(20)13-19(21-17)10-8-18(9-11-19)6-2-3-7-18/h4-5,12,16,20H,2-3,6-11,13H2,1H3. The minimum atomic E-state index is -0.355. The third-order valence-electron chi connectivity index (χ3n) is 6.30. The van der Waals surface area contributed by atoms with Crippen LogP contribution in [0.4, 0.5) is 0 Å². The van der Waals surface area contributed by atoms with E-state index < -0.39 is 0 Å². The molecule has 0 bridgehead atoms. The van der Waals surface area contributed by atoms with Gasteiger partial charge in [-0.3, -0.25) is 0 Å². The van der Waals surface area contributed by atoms with Crippen LogP contribution in [0.25, 0.3) is 0 Å². The highest BCUT2D eigenvalue weighted by atomic mass is 16.5. The summed E-state index contributed by atoms with van der Waals surface area (Å²) < 4.78 is 6.43. The molecule has 2 heteroatoms. The fourth-order valence-electron chi connectivity index (χ4n) is 4.93. The summed E-state index contributed by atoms with van der Waals surface area (Å²) in [7, 11) is 0. The number of benzene rings is 1. The van der Waals surface area contributed by atoms with Gasteiger partial charge in [0, 0.05) is 12.0 Å². The zero-order chi connectivity index (χ0) is 14.5. The first-order valence-electron chi connectivity index (χ1n) is 8.58. The molecular formula is C19H26O2. The fraction of sp³-hybridized carbons (Fsp3) is 0.684. The van der Waals surface area contributed by atoms with Crippen molar-refractivity contribution < 1.29 is 9.84 Å². The number of fused-ring (bicyclic) bond motifs is 1. The smallest absolute Gasteiger partial charge is 0.125 e. The highest BCUT2D eigenvalue weighted by Gasteiger charge is 2.48. The second kappa shape index (κ2) is 4.74. The van der Waals surface area contributed by atoms with Crippen molar-refractivity contribution in [3.05, 3.63) is 29.3 Å². The van der Waals surface area contributed by atoms with Crippen LogP contribution in [-0.2, 0) is 0 Å². The Hall–Kier alpha value is -1.02. The van der Waals surface area contributed by atoms with Gasteiger partial charge in [0.15, 0.2) is 0 Å². The molecular weight excluding hydrogens is 260 g/mol. The number of aliphatic hydroxyl groups is 1. The minimum absolute atomic E-state index is 0.102. The van der Waals surface area contributed by atoms with E-state index in [4.69, 9.17) is 4.74 Å². The molecule has 2 aliphatic carbocycles. The molecule has 0 saturated heterocycles. The Labute approximate surface area is 127 Å². The molecule has 2 spiro atoms. The summed E-state index contributed by atoms with van der Waals surface area (Å²) in [6.45, 7) is 2.07. The number of hydrogen-bond donors (Lipinski definition) is 1. The van der Waals surface area contributed by atoms with E-state index in [1.165, 1.54) is 44.1 Å². The second-order valence-corrected chi connectivity index (χ2v) is 7.75. The summed E-state index contributed by atoms with van der Waals surface area (Å²) in [6.07, 6.45) is 10.9. The van der Waals surface area contributed by atoms with E-state index in [9.17, 15) is 5.11 Å². The highest BCUT2D eigenvalue weighted by Crippen LogP contribution is 2.55. The molecule has 1 N–H and O–H groups in total. The number of aliphatic hydroxyl groups excluding tert-OH is 1. The Bertz CT molecular complexity index is 532. The Kier molecular flexibility index (Phi) is 3.08. The number of aryl methyl sites for hydroxylation is 1. The summed E-state index contributed by atoms with van der Waals surface area (Å²) in [4.78, 5) is 0. The van der Waals surface area contributed by atoms with Crippen LogP contribution in [0, 0.1) is 12.3 Å². The van der Waals surface area contributed by atoms with Crippen LogP contribution in [0.3, 0.4) is 0 Å². The molecule has 1 heterocycles. The molecule has 1 unspecified atom stereocenters. The lowest BCUT2D eigenvalue weighted by Crippen LogP contribution is -2.46. The predicted molar refractivity (Wildman–Crippen MR) is 83.5 cm³/mol. The zero-order valence-corrected chi connectivity index (χ0v) is 13.0. The molecule has 21 heavy (non-hydrogen) atoms. The molecule has 2 fully saturated rings. The van der Waals surface area contributed by atoms with Crippen molar-refractivity contribution in [2.24, 2.45) is 5.41 Å². The number of rotatable bonds is 0. The highest BCUT2D eigenvalue weighted by molar-refractivity contribution is 5.41. The molecule has 114 valence electrons. The maximum absolute atomic E-state index is 10.6. The van der Waals surface area contributed by atoms with Crippen LogP contribution in [-0.4, -0.2) is 10.7 Å². The quantitative estimate of drug-likeness (QED) is 0.750. The SMILES string of the molecule is Cc1ccc2c(c1)C(O)CC1(CCC3(CCCC3)CC1)O2. The average molecular weight is 286 g/mol. The van der Waals surface area contributed by atoms with Gasteiger partial charge in [0.1, 0.15) is 11.4 Å². The first kappa shape index (κ1) is 13.6. The van der Waals surface area contributed by atoms with Gasteiger partial charge in [-0.15, -0.1) is 0 Å². The van der Waals surface area contributed by atoms with Crippen molar-refractivity contribution in [1.82, 2.24) is 0 Å². The van der Waals surface area contributed by atoms with Gasteiger partial charge in [-0.25, -0.2) is 0 Å². The Morgan fingerprint density at radius 2 is 1.76 bits per heavy atom. The molecule has 1 atom stereocenters. The van der Waals surface area contributed by atoms with E-state index in [0.717, 1.165) is 30.6 Å². The van der Waals surface area contributed by atoms with Crippen LogP contribution < -0.4 is 4.74 Å². The second-order valence-electron chi connectivity index (χ2n) is 7.75. The first-order valence-corrected chi connectivity index (χ1v) is 8.58. The van der Waals surface area contributed by atoms with E-state index in [1.54, 1.807) is 0 Å². The van der Waals surface area contributed by atoms with E-state index >= 15 is 0 Å². The molecule has 0 amide bonds. The topological polar surface area (TPSA) is 29.5 Å². The molecule has 3 aliphatic rings. The summed E-state index contributed by atoms with van der Waals surface area (Å²) in [6, 6.07) is 6.22. The molecule has 1 aromatic carbocycles. The fourth-order valence-corrected chi connectivity index (χ4v) is 4.93. The van der Waals surface area contributed by atoms with Gasteiger partial charge in [0.25, 0.3) is 0 Å². The zero-order valence-electron chi connectivity index (χ0n) is 13.0. The predicted octanol–water partition coefficient (Wildman–Crippen LogP) is 4.68. The van der Waals surface area contributed by atoms with Gasteiger partial charge in [-0.1, -0.05) is 24.5 Å². The summed E-state index contributed by atoms with van der Waals surface area (Å²) in [5.74, 6) is 0.918. The molecule has 2 saturated carbocycles. The van der Waals surface area contributed by atoms with Crippen molar-refractivity contribution in [2.45, 2.75) is 76.4 Å². The van der Waals surface area contributed by atoms with Crippen LogP contribution in [0.15, 0.2) is 18.2 Å². The van der Waals surface area contributed by atoms with E-state index in [2.05, 4.69) is 25.1 Å². The van der Waals surface area contributed by atoms with Gasteiger partial charge >= 0.3 is 0 Å². The summed E-state index contributed by atoms with van der Waals surface area (Å²) in [5, 5.41) is 10.6. The monoisotopic (exact) mass is 286 g/mol. The molecule has 4 rings (SSSR count). The Morgan fingerprint density at radius 1 is 1.05 bits per heavy atom. The van der Waals surface area contributed by atoms with Crippen LogP contribution in [0.5, 0.6) is 5.75 Å². The normalized spacial score (nSPS) is 29.3. The number of ether oxygens (including phenoxy) is 1. The molecule has 1 aromatic rings. The number of hydrogen-bond acceptors (Lipinski definition) is 2. The van der Waals surface area contributed by atoms with Gasteiger partial charge in [0.05, 0.1) is 6.10 Å². The van der Waals surface area contributed by atoms with E-state index in [-0.39, 0.29) is 11.7 Å². The molecule has 2 nitrogen and oxygen atoms in total. The van der Waals surface area contributed by atoms with Crippen molar-refractivity contribution in [2.75, 3.05) is 0 Å². The Balaban J connectivity index is 1.56. The Morgan fingerprint density at radius 3 is 2.48 bits per heavy atom. The molecule has 1 aliphatic heterocycles. The average Bonchev–Trinajstić information content (AvgIpc) is 2.93. The van der Waals surface area contributed by atoms with Gasteiger partial charge < -0.3 is 9.84 Å². The lowest BCUT2D eigenvalue weighted by molar-refractivity contribution is -0.0622. The van der Waals surface area contributed by atoms with Crippen molar-refractivity contribution >= 4 is 0 Å². The van der Waals surface area contributed by atoms with Crippen molar-refractivity contribution in [3.8, 4) is 5.75 Å². The lowest BCUT2D eigenvalue weighted by Gasteiger charge is -2.48. The van der Waals surface area contributed by atoms with E-state index in [0.29, 0.717) is 5.41 Å². The van der Waals surface area contributed by atoms with Crippen molar-refractivity contribution in [3.63, 3.8) is 0 Å². The molecule has 0 radical (unpaired) electrons. The van der Waals surface area contributed by atoms with Crippen LogP contribution in [0.1, 0.15) is 75.0 Å². The largest absolute Gasteiger partial charge is 0.487 e. The maximum atomic E-state index is 10.6. The third-order valence-corrected chi connectivity index (χ3v) is 6.30. The molecule has 0 aromatic heterocycles. The maximum Gasteiger partial charge on any atom is 0.125 e. The third kappa shape index (κ3) is 2.28. The van der Waals surface area contributed by atoms with Gasteiger partial charge in [-0.05, 0) is 63.0 Å². The summed E-state index contributed by atoms with van der Waals surface area (Å²) in [5.41, 5.74) is 2.70. The van der Waals surface area contributed by atoms with Crippen LogP contribution >= 0.6 is 0 Å². The summed E-state index contributed by atoms with van der Waals surface area (Å²) >= 11 is 0. The van der Waals surface area contributed by atoms with Crippen molar-refractivity contribution in [1.29, 1.82) is 0 Å². The first-order chi connectivity index (χ1) is 10.1.